The van der Waals surface area contributed by atoms with E-state index in [1.54, 1.807) is 29.9 Å². The van der Waals surface area contributed by atoms with Gasteiger partial charge in [-0.15, -0.1) is 0 Å². The summed E-state index contributed by atoms with van der Waals surface area (Å²) < 4.78 is 7.20. The Hall–Kier alpha value is -2.08. The molecule has 2 aromatic rings. The summed E-state index contributed by atoms with van der Waals surface area (Å²) in [5, 5.41) is 17.7. The molecule has 0 saturated carbocycles. The van der Waals surface area contributed by atoms with E-state index in [0.29, 0.717) is 17.9 Å². The third-order valence-electron chi connectivity index (χ3n) is 3.77. The van der Waals surface area contributed by atoms with Crippen LogP contribution in [0.1, 0.15) is 61.2 Å². The molecule has 6 nitrogen and oxygen atoms in total. The minimum atomic E-state index is -1.26. The molecule has 2 heterocycles. The average molecular weight is 319 g/mol. The number of amides is 1. The molecule has 2 aromatic heterocycles. The lowest BCUT2D eigenvalue weighted by Crippen LogP contribution is -2.38. The second kappa shape index (κ2) is 6.58. The molecule has 0 aliphatic carbocycles. The highest BCUT2D eigenvalue weighted by atomic mass is 16.4. The van der Waals surface area contributed by atoms with Crippen molar-refractivity contribution in [2.45, 2.75) is 52.7 Å². The van der Waals surface area contributed by atoms with Crippen LogP contribution in [0.2, 0.25) is 0 Å². The van der Waals surface area contributed by atoms with E-state index in [1.165, 1.54) is 0 Å². The minimum Gasteiger partial charge on any atom is -0.463 e. The Bertz CT molecular complexity index is 683. The van der Waals surface area contributed by atoms with Crippen LogP contribution < -0.4 is 5.32 Å². The Morgan fingerprint density at radius 3 is 2.70 bits per heavy atom. The zero-order valence-electron chi connectivity index (χ0n) is 14.4. The Morgan fingerprint density at radius 1 is 1.48 bits per heavy atom. The SMILES string of the molecule is CCn1cc(C(=O)NCC(C)(O)c2ccc(C)o2)c(C(C)C)n1. The zero-order valence-corrected chi connectivity index (χ0v) is 14.4. The maximum absolute atomic E-state index is 12.5. The van der Waals surface area contributed by atoms with E-state index >= 15 is 0 Å². The van der Waals surface area contributed by atoms with Crippen molar-refractivity contribution in [1.82, 2.24) is 15.1 Å². The van der Waals surface area contributed by atoms with Crippen LogP contribution in [0.4, 0.5) is 0 Å². The molecule has 0 bridgehead atoms. The average Bonchev–Trinajstić information content (AvgIpc) is 3.11. The summed E-state index contributed by atoms with van der Waals surface area (Å²) in [6.45, 7) is 10.2. The molecule has 1 unspecified atom stereocenters. The summed E-state index contributed by atoms with van der Waals surface area (Å²) in [5.41, 5.74) is 0.0500. The van der Waals surface area contributed by atoms with Crippen molar-refractivity contribution >= 4 is 5.91 Å². The maximum atomic E-state index is 12.5. The summed E-state index contributed by atoms with van der Waals surface area (Å²) in [5.74, 6) is 1.07. The lowest BCUT2D eigenvalue weighted by atomic mass is 10.0. The quantitative estimate of drug-likeness (QED) is 0.857. The van der Waals surface area contributed by atoms with Crippen LogP contribution >= 0.6 is 0 Å². The first-order chi connectivity index (χ1) is 10.7. The Labute approximate surface area is 136 Å². The summed E-state index contributed by atoms with van der Waals surface area (Å²) in [7, 11) is 0. The monoisotopic (exact) mass is 319 g/mol. The zero-order chi connectivity index (χ0) is 17.2. The topological polar surface area (TPSA) is 80.3 Å². The maximum Gasteiger partial charge on any atom is 0.254 e. The fourth-order valence-corrected chi connectivity index (χ4v) is 2.36. The van der Waals surface area contributed by atoms with Crippen LogP contribution in [0.5, 0.6) is 0 Å². The van der Waals surface area contributed by atoms with Gasteiger partial charge in [0.2, 0.25) is 0 Å². The third kappa shape index (κ3) is 3.82. The molecule has 0 fully saturated rings. The predicted molar refractivity (Wildman–Crippen MR) is 87.3 cm³/mol. The normalized spacial score (nSPS) is 14.0. The largest absolute Gasteiger partial charge is 0.463 e. The predicted octanol–water partition coefficient (Wildman–Crippen LogP) is 2.57. The lowest BCUT2D eigenvalue weighted by molar-refractivity contribution is 0.0323. The first-order valence-electron chi connectivity index (χ1n) is 7.89. The number of hydrogen-bond acceptors (Lipinski definition) is 4. The summed E-state index contributed by atoms with van der Waals surface area (Å²) in [6.07, 6.45) is 1.75. The fraction of sp³-hybridized carbons (Fsp3) is 0.529. The minimum absolute atomic E-state index is 0.0631. The number of aliphatic hydroxyl groups is 1. The highest BCUT2D eigenvalue weighted by Crippen LogP contribution is 2.23. The van der Waals surface area contributed by atoms with Crippen molar-refractivity contribution in [3.05, 3.63) is 41.1 Å². The molecule has 1 amide bonds. The molecular formula is C17H25N3O3. The Balaban J connectivity index is 2.12. The molecule has 23 heavy (non-hydrogen) atoms. The standard InChI is InChI=1S/C17H25N3O3/c1-6-20-9-13(15(19-20)11(2)3)16(21)18-10-17(5,22)14-8-7-12(4)23-14/h7-9,11,22H,6,10H2,1-5H3,(H,18,21). The number of hydrogen-bond donors (Lipinski definition) is 2. The van der Waals surface area contributed by atoms with E-state index in [0.717, 1.165) is 11.5 Å². The van der Waals surface area contributed by atoms with E-state index in [1.807, 2.05) is 27.7 Å². The van der Waals surface area contributed by atoms with E-state index in [-0.39, 0.29) is 18.4 Å². The number of nitrogens with one attached hydrogen (secondary N) is 1. The molecule has 0 saturated heterocycles. The Kier molecular flexibility index (Phi) is 4.94. The van der Waals surface area contributed by atoms with Gasteiger partial charge in [-0.05, 0) is 38.8 Å². The first kappa shape index (κ1) is 17.3. The van der Waals surface area contributed by atoms with Gasteiger partial charge < -0.3 is 14.8 Å². The Morgan fingerprint density at radius 2 is 2.17 bits per heavy atom. The van der Waals surface area contributed by atoms with Crippen LogP contribution in [0, 0.1) is 6.92 Å². The second-order valence-electron chi connectivity index (χ2n) is 6.31. The van der Waals surface area contributed by atoms with Crippen LogP contribution in [-0.2, 0) is 12.1 Å². The van der Waals surface area contributed by atoms with Crippen molar-refractivity contribution in [2.75, 3.05) is 6.54 Å². The number of carbonyl (C=O) groups is 1. The summed E-state index contributed by atoms with van der Waals surface area (Å²) in [4.78, 5) is 12.5. The van der Waals surface area contributed by atoms with Gasteiger partial charge in [0, 0.05) is 12.7 Å². The number of carbonyl (C=O) groups excluding carboxylic acids is 1. The number of furan rings is 1. The molecule has 126 valence electrons. The van der Waals surface area contributed by atoms with Crippen molar-refractivity contribution in [3.8, 4) is 0 Å². The smallest absolute Gasteiger partial charge is 0.254 e. The highest BCUT2D eigenvalue weighted by Gasteiger charge is 2.28. The van der Waals surface area contributed by atoms with Gasteiger partial charge in [0.25, 0.3) is 5.91 Å². The number of nitrogens with zero attached hydrogens (tertiary/aromatic N) is 2. The number of aryl methyl sites for hydroxylation is 2. The fourth-order valence-electron chi connectivity index (χ4n) is 2.36. The van der Waals surface area contributed by atoms with E-state index < -0.39 is 5.60 Å². The first-order valence-corrected chi connectivity index (χ1v) is 7.89. The van der Waals surface area contributed by atoms with Crippen LogP contribution in [0.25, 0.3) is 0 Å². The molecule has 0 spiro atoms. The summed E-state index contributed by atoms with van der Waals surface area (Å²) >= 11 is 0. The second-order valence-corrected chi connectivity index (χ2v) is 6.31. The molecule has 2 N–H and O–H groups in total. The molecule has 0 aliphatic rings. The van der Waals surface area contributed by atoms with Crippen LogP contribution in [0.3, 0.4) is 0 Å². The molecule has 6 heteroatoms. The molecule has 2 rings (SSSR count). The van der Waals surface area contributed by atoms with E-state index in [9.17, 15) is 9.90 Å². The van der Waals surface area contributed by atoms with Crippen molar-refractivity contribution in [2.24, 2.45) is 0 Å². The van der Waals surface area contributed by atoms with Crippen LogP contribution in [0.15, 0.2) is 22.7 Å². The van der Waals surface area contributed by atoms with Gasteiger partial charge >= 0.3 is 0 Å². The molecule has 0 aliphatic heterocycles. The van der Waals surface area contributed by atoms with Gasteiger partial charge in [0.15, 0.2) is 0 Å². The summed E-state index contributed by atoms with van der Waals surface area (Å²) in [6, 6.07) is 3.50. The third-order valence-corrected chi connectivity index (χ3v) is 3.77. The van der Waals surface area contributed by atoms with Gasteiger partial charge in [0.1, 0.15) is 17.1 Å². The van der Waals surface area contributed by atoms with Gasteiger partial charge in [-0.2, -0.15) is 5.10 Å². The van der Waals surface area contributed by atoms with Crippen molar-refractivity contribution in [3.63, 3.8) is 0 Å². The molecular weight excluding hydrogens is 294 g/mol. The van der Waals surface area contributed by atoms with Gasteiger partial charge in [0.05, 0.1) is 17.8 Å². The van der Waals surface area contributed by atoms with E-state index in [2.05, 4.69) is 10.4 Å². The van der Waals surface area contributed by atoms with Gasteiger partial charge in [-0.25, -0.2) is 0 Å². The van der Waals surface area contributed by atoms with Gasteiger partial charge in [-0.3, -0.25) is 9.48 Å². The number of rotatable bonds is 6. The van der Waals surface area contributed by atoms with Crippen molar-refractivity contribution in [1.29, 1.82) is 0 Å². The number of aromatic nitrogens is 2. The van der Waals surface area contributed by atoms with Crippen LogP contribution in [-0.4, -0.2) is 27.3 Å². The lowest BCUT2D eigenvalue weighted by Gasteiger charge is -2.21. The molecule has 1 atom stereocenters. The van der Waals surface area contributed by atoms with E-state index in [4.69, 9.17) is 4.42 Å². The van der Waals surface area contributed by atoms with Crippen molar-refractivity contribution < 1.29 is 14.3 Å². The molecule has 0 radical (unpaired) electrons. The molecule has 0 aromatic carbocycles. The highest BCUT2D eigenvalue weighted by molar-refractivity contribution is 5.95. The van der Waals surface area contributed by atoms with Gasteiger partial charge in [-0.1, -0.05) is 13.8 Å².